The number of aliphatic hydroxyl groups is 1. The first-order valence-electron chi connectivity index (χ1n) is 6.32. The number of nitrogens with one attached hydrogen (secondary N) is 1. The van der Waals surface area contributed by atoms with E-state index in [4.69, 9.17) is 5.11 Å². The van der Waals surface area contributed by atoms with E-state index in [1.54, 1.807) is 12.4 Å². The van der Waals surface area contributed by atoms with Crippen molar-refractivity contribution in [2.75, 3.05) is 19.7 Å². The normalized spacial score (nSPS) is 16.6. The number of hydrogen-bond donors (Lipinski definition) is 2. The van der Waals surface area contributed by atoms with E-state index < -0.39 is 0 Å². The van der Waals surface area contributed by atoms with Crippen LogP contribution in [0.25, 0.3) is 0 Å². The van der Waals surface area contributed by atoms with Gasteiger partial charge in [0.25, 0.3) is 0 Å². The molecular weight excluding hydrogens is 230 g/mol. The van der Waals surface area contributed by atoms with Gasteiger partial charge in [0, 0.05) is 38.6 Å². The van der Waals surface area contributed by atoms with Gasteiger partial charge in [0.1, 0.15) is 0 Å². The van der Waals surface area contributed by atoms with Gasteiger partial charge in [0.15, 0.2) is 0 Å². The number of amides is 2. The number of nitrogens with zero attached hydrogens (tertiary/aromatic N) is 2. The number of aromatic nitrogens is 1. The Bertz CT molecular complexity index is 375. The highest BCUT2D eigenvalue weighted by Crippen LogP contribution is 2.16. The molecule has 1 aromatic heterocycles. The summed E-state index contributed by atoms with van der Waals surface area (Å²) < 4.78 is 0. The maximum Gasteiger partial charge on any atom is 0.317 e. The monoisotopic (exact) mass is 249 g/mol. The summed E-state index contributed by atoms with van der Waals surface area (Å²) >= 11 is 0. The summed E-state index contributed by atoms with van der Waals surface area (Å²) in [5.41, 5.74) is 1.04. The fourth-order valence-electron chi connectivity index (χ4n) is 2.11. The highest BCUT2D eigenvalue weighted by Gasteiger charge is 2.21. The van der Waals surface area contributed by atoms with E-state index in [-0.39, 0.29) is 12.6 Å². The Balaban J connectivity index is 1.75. The number of likely N-dealkylation sites (tertiary alicyclic amines) is 1. The second-order valence-corrected chi connectivity index (χ2v) is 4.63. The van der Waals surface area contributed by atoms with Crippen molar-refractivity contribution < 1.29 is 9.90 Å². The molecule has 1 aliphatic rings. The number of aliphatic hydroxyl groups excluding tert-OH is 1. The molecule has 0 atom stereocenters. The number of urea groups is 1. The molecule has 0 radical (unpaired) electrons. The number of carbonyl (C=O) groups is 1. The molecule has 0 unspecified atom stereocenters. The van der Waals surface area contributed by atoms with Gasteiger partial charge < -0.3 is 15.3 Å². The molecule has 2 amide bonds. The van der Waals surface area contributed by atoms with Crippen LogP contribution in [-0.2, 0) is 6.54 Å². The van der Waals surface area contributed by atoms with Crippen LogP contribution in [0, 0.1) is 5.92 Å². The Labute approximate surface area is 107 Å². The maximum atomic E-state index is 11.9. The van der Waals surface area contributed by atoms with Gasteiger partial charge in [-0.05, 0) is 36.5 Å². The first-order valence-corrected chi connectivity index (χ1v) is 6.32. The van der Waals surface area contributed by atoms with Gasteiger partial charge in [0.05, 0.1) is 0 Å². The van der Waals surface area contributed by atoms with E-state index in [9.17, 15) is 4.79 Å². The molecule has 0 bridgehead atoms. The third kappa shape index (κ3) is 3.43. The maximum absolute atomic E-state index is 11.9. The van der Waals surface area contributed by atoms with Gasteiger partial charge >= 0.3 is 6.03 Å². The van der Waals surface area contributed by atoms with Gasteiger partial charge in [-0.2, -0.15) is 0 Å². The van der Waals surface area contributed by atoms with Crippen LogP contribution in [-0.4, -0.2) is 40.7 Å². The fraction of sp³-hybridized carbons (Fsp3) is 0.538. The van der Waals surface area contributed by atoms with Crippen molar-refractivity contribution in [2.45, 2.75) is 19.4 Å². The second-order valence-electron chi connectivity index (χ2n) is 4.63. The highest BCUT2D eigenvalue weighted by atomic mass is 16.3. The lowest BCUT2D eigenvalue weighted by Crippen LogP contribution is -2.44. The molecule has 0 aliphatic carbocycles. The minimum Gasteiger partial charge on any atom is -0.396 e. The van der Waals surface area contributed by atoms with Crippen molar-refractivity contribution in [1.29, 1.82) is 0 Å². The molecule has 0 saturated carbocycles. The minimum atomic E-state index is -0.0248. The summed E-state index contributed by atoms with van der Waals surface area (Å²) in [7, 11) is 0. The molecule has 1 aromatic rings. The topological polar surface area (TPSA) is 65.5 Å². The zero-order valence-corrected chi connectivity index (χ0v) is 10.4. The van der Waals surface area contributed by atoms with E-state index in [0.29, 0.717) is 12.5 Å². The van der Waals surface area contributed by atoms with Crippen molar-refractivity contribution in [3.8, 4) is 0 Å². The van der Waals surface area contributed by atoms with Gasteiger partial charge in [-0.3, -0.25) is 4.98 Å². The standard InChI is InChI=1S/C13H19N3O2/c17-10-12-3-7-16(8-4-12)13(18)15-9-11-1-5-14-6-2-11/h1-2,5-6,12,17H,3-4,7-10H2,(H,15,18). The molecule has 1 saturated heterocycles. The van der Waals surface area contributed by atoms with Crippen LogP contribution in [0.4, 0.5) is 4.79 Å². The zero-order chi connectivity index (χ0) is 12.8. The molecule has 18 heavy (non-hydrogen) atoms. The lowest BCUT2D eigenvalue weighted by Gasteiger charge is -2.31. The molecule has 5 nitrogen and oxygen atoms in total. The average molecular weight is 249 g/mol. The van der Waals surface area contributed by atoms with Crippen molar-refractivity contribution in [3.05, 3.63) is 30.1 Å². The van der Waals surface area contributed by atoms with Crippen molar-refractivity contribution in [3.63, 3.8) is 0 Å². The minimum absolute atomic E-state index is 0.0248. The summed E-state index contributed by atoms with van der Waals surface area (Å²) in [4.78, 5) is 17.6. The summed E-state index contributed by atoms with van der Waals surface area (Å²) in [6.07, 6.45) is 5.21. The quantitative estimate of drug-likeness (QED) is 0.839. The van der Waals surface area contributed by atoms with Crippen LogP contribution < -0.4 is 5.32 Å². The van der Waals surface area contributed by atoms with E-state index in [2.05, 4.69) is 10.3 Å². The van der Waals surface area contributed by atoms with E-state index >= 15 is 0 Å². The summed E-state index contributed by atoms with van der Waals surface area (Å²) in [6.45, 7) is 2.22. The highest BCUT2D eigenvalue weighted by molar-refractivity contribution is 5.74. The van der Waals surface area contributed by atoms with Gasteiger partial charge in [-0.25, -0.2) is 4.79 Å². The molecular formula is C13H19N3O2. The largest absolute Gasteiger partial charge is 0.396 e. The molecule has 2 heterocycles. The lowest BCUT2D eigenvalue weighted by molar-refractivity contribution is 0.137. The SMILES string of the molecule is O=C(NCc1ccncc1)N1CCC(CO)CC1. The zero-order valence-electron chi connectivity index (χ0n) is 10.4. The van der Waals surface area contributed by atoms with E-state index in [0.717, 1.165) is 31.5 Å². The van der Waals surface area contributed by atoms with Crippen molar-refractivity contribution in [2.24, 2.45) is 5.92 Å². The molecule has 0 spiro atoms. The Kier molecular flexibility index (Phi) is 4.52. The van der Waals surface area contributed by atoms with Crippen molar-refractivity contribution in [1.82, 2.24) is 15.2 Å². The number of piperidine rings is 1. The van der Waals surface area contributed by atoms with Crippen LogP contribution in [0.15, 0.2) is 24.5 Å². The molecule has 2 N–H and O–H groups in total. The number of rotatable bonds is 3. The molecule has 98 valence electrons. The average Bonchev–Trinajstić information content (AvgIpc) is 2.46. The molecule has 2 rings (SSSR count). The van der Waals surface area contributed by atoms with Crippen LogP contribution in [0.5, 0.6) is 0 Å². The number of carbonyl (C=O) groups excluding carboxylic acids is 1. The van der Waals surface area contributed by atoms with Crippen LogP contribution in [0.1, 0.15) is 18.4 Å². The van der Waals surface area contributed by atoms with Crippen LogP contribution in [0.3, 0.4) is 0 Å². The molecule has 5 heteroatoms. The summed E-state index contributed by atoms with van der Waals surface area (Å²) in [6, 6.07) is 3.75. The summed E-state index contributed by atoms with van der Waals surface area (Å²) in [5, 5.41) is 11.9. The Morgan fingerprint density at radius 2 is 2.06 bits per heavy atom. The number of pyridine rings is 1. The molecule has 0 aromatic carbocycles. The molecule has 1 fully saturated rings. The Morgan fingerprint density at radius 1 is 1.39 bits per heavy atom. The Hall–Kier alpha value is -1.62. The number of hydrogen-bond acceptors (Lipinski definition) is 3. The van der Waals surface area contributed by atoms with Crippen LogP contribution >= 0.6 is 0 Å². The predicted molar refractivity (Wildman–Crippen MR) is 67.9 cm³/mol. The predicted octanol–water partition coefficient (Wildman–Crippen LogP) is 0.996. The fourth-order valence-corrected chi connectivity index (χ4v) is 2.11. The van der Waals surface area contributed by atoms with E-state index in [1.165, 1.54) is 0 Å². The van der Waals surface area contributed by atoms with Gasteiger partial charge in [-0.15, -0.1) is 0 Å². The second kappa shape index (κ2) is 6.35. The third-order valence-corrected chi connectivity index (χ3v) is 3.35. The lowest BCUT2D eigenvalue weighted by atomic mass is 9.98. The van der Waals surface area contributed by atoms with Crippen LogP contribution in [0.2, 0.25) is 0 Å². The first-order chi connectivity index (χ1) is 8.79. The van der Waals surface area contributed by atoms with Crippen molar-refractivity contribution >= 4 is 6.03 Å². The third-order valence-electron chi connectivity index (χ3n) is 3.35. The van der Waals surface area contributed by atoms with E-state index in [1.807, 2.05) is 17.0 Å². The summed E-state index contributed by atoms with van der Waals surface area (Å²) in [5.74, 6) is 0.356. The van der Waals surface area contributed by atoms with Gasteiger partial charge in [0.2, 0.25) is 0 Å². The van der Waals surface area contributed by atoms with Gasteiger partial charge in [-0.1, -0.05) is 0 Å². The molecule has 1 aliphatic heterocycles. The Morgan fingerprint density at radius 3 is 2.67 bits per heavy atom. The first kappa shape index (κ1) is 12.8. The smallest absolute Gasteiger partial charge is 0.317 e.